The van der Waals surface area contributed by atoms with E-state index in [4.69, 9.17) is 4.52 Å². The Labute approximate surface area is 103 Å². The van der Waals surface area contributed by atoms with Gasteiger partial charge in [0, 0.05) is 30.4 Å². The molecule has 0 aliphatic heterocycles. The minimum atomic E-state index is 0.611. The molecule has 3 rings (SSSR count). The lowest BCUT2D eigenvalue weighted by Crippen LogP contribution is -2.04. The van der Waals surface area contributed by atoms with Gasteiger partial charge in [-0.3, -0.25) is 0 Å². The minimum absolute atomic E-state index is 0.611. The third-order valence-corrected chi connectivity index (χ3v) is 3.26. The van der Waals surface area contributed by atoms with Crippen molar-refractivity contribution in [1.82, 2.24) is 19.5 Å². The lowest BCUT2D eigenvalue weighted by Gasteiger charge is -1.97. The Morgan fingerprint density at radius 1 is 1.41 bits per heavy atom. The molecule has 0 unspecified atom stereocenters. The molecule has 1 fully saturated rings. The van der Waals surface area contributed by atoms with Crippen LogP contribution in [0.25, 0.3) is 0 Å². The molecular formula is C10H13N5OS. The van der Waals surface area contributed by atoms with Gasteiger partial charge in [0.1, 0.15) is 5.82 Å². The Balaban J connectivity index is 1.49. The summed E-state index contributed by atoms with van der Waals surface area (Å²) in [6.45, 7) is 2.55. The van der Waals surface area contributed by atoms with E-state index in [2.05, 4.69) is 24.8 Å². The lowest BCUT2D eigenvalue weighted by molar-refractivity contribution is 0.377. The van der Waals surface area contributed by atoms with Crippen LogP contribution in [-0.2, 0) is 6.42 Å². The maximum atomic E-state index is 5.02. The number of hydrogen-bond acceptors (Lipinski definition) is 7. The summed E-state index contributed by atoms with van der Waals surface area (Å²) in [6, 6.07) is 0. The highest BCUT2D eigenvalue weighted by molar-refractivity contribution is 7.09. The summed E-state index contributed by atoms with van der Waals surface area (Å²) in [6.07, 6.45) is 3.17. The molecule has 1 N–H and O–H groups in total. The van der Waals surface area contributed by atoms with Gasteiger partial charge in [-0.15, -0.1) is 0 Å². The van der Waals surface area contributed by atoms with E-state index in [1.54, 1.807) is 0 Å². The Morgan fingerprint density at radius 3 is 3.00 bits per heavy atom. The second-order valence-corrected chi connectivity index (χ2v) is 4.90. The van der Waals surface area contributed by atoms with Crippen molar-refractivity contribution in [2.24, 2.45) is 0 Å². The van der Waals surface area contributed by atoms with Crippen LogP contribution in [0.15, 0.2) is 4.52 Å². The van der Waals surface area contributed by atoms with Crippen LogP contribution >= 0.6 is 11.5 Å². The first kappa shape index (κ1) is 10.6. The molecule has 2 heterocycles. The number of rotatable bonds is 5. The van der Waals surface area contributed by atoms with E-state index < -0.39 is 0 Å². The number of nitrogens with one attached hydrogen (secondary N) is 1. The van der Waals surface area contributed by atoms with Gasteiger partial charge in [0.05, 0.1) is 0 Å². The Kier molecular flexibility index (Phi) is 2.76. The summed E-state index contributed by atoms with van der Waals surface area (Å²) in [5.41, 5.74) is 0. The van der Waals surface area contributed by atoms with E-state index in [1.165, 1.54) is 24.4 Å². The van der Waals surface area contributed by atoms with E-state index in [0.29, 0.717) is 24.1 Å². The van der Waals surface area contributed by atoms with Crippen LogP contribution in [-0.4, -0.2) is 26.0 Å². The monoisotopic (exact) mass is 251 g/mol. The molecule has 7 heteroatoms. The zero-order valence-corrected chi connectivity index (χ0v) is 10.3. The van der Waals surface area contributed by atoms with Gasteiger partial charge in [-0.25, -0.2) is 4.98 Å². The van der Waals surface area contributed by atoms with Crippen molar-refractivity contribution >= 4 is 16.7 Å². The zero-order valence-electron chi connectivity index (χ0n) is 9.51. The quantitative estimate of drug-likeness (QED) is 0.872. The number of aromatic nitrogens is 4. The molecule has 1 aliphatic carbocycles. The zero-order chi connectivity index (χ0) is 11.7. The summed E-state index contributed by atoms with van der Waals surface area (Å²) in [5.74, 6) is 2.93. The molecule has 2 aromatic heterocycles. The van der Waals surface area contributed by atoms with E-state index in [9.17, 15) is 0 Å². The molecule has 6 nitrogen and oxygen atoms in total. The number of hydrogen-bond donors (Lipinski definition) is 1. The van der Waals surface area contributed by atoms with Crippen molar-refractivity contribution in [2.45, 2.75) is 32.1 Å². The summed E-state index contributed by atoms with van der Waals surface area (Å²) < 4.78 is 9.35. The summed E-state index contributed by atoms with van der Waals surface area (Å²) in [4.78, 5) is 8.57. The topological polar surface area (TPSA) is 76.7 Å². The molecule has 1 aliphatic rings. The molecule has 2 aromatic rings. The average molecular weight is 251 g/mol. The fourth-order valence-corrected chi connectivity index (χ4v) is 2.20. The fourth-order valence-electron chi connectivity index (χ4n) is 1.53. The number of nitrogens with zero attached hydrogens (tertiary/aromatic N) is 4. The van der Waals surface area contributed by atoms with Gasteiger partial charge in [0.15, 0.2) is 5.82 Å². The van der Waals surface area contributed by atoms with Crippen molar-refractivity contribution in [1.29, 1.82) is 0 Å². The number of aryl methyl sites for hydroxylation is 1. The Morgan fingerprint density at radius 2 is 2.29 bits per heavy atom. The van der Waals surface area contributed by atoms with Gasteiger partial charge in [-0.05, 0) is 19.8 Å². The smallest absolute Gasteiger partial charge is 0.228 e. The molecule has 0 aromatic carbocycles. The maximum Gasteiger partial charge on any atom is 0.228 e. The predicted octanol–water partition coefficient (Wildman–Crippen LogP) is 1.76. The average Bonchev–Trinajstić information content (AvgIpc) is 2.93. The summed E-state index contributed by atoms with van der Waals surface area (Å²) in [7, 11) is 0. The highest BCUT2D eigenvalue weighted by Gasteiger charge is 2.27. The molecule has 0 bridgehead atoms. The van der Waals surface area contributed by atoms with Crippen molar-refractivity contribution in [3.05, 3.63) is 17.5 Å². The predicted molar refractivity (Wildman–Crippen MR) is 63.1 cm³/mol. The van der Waals surface area contributed by atoms with Crippen LogP contribution in [0.3, 0.4) is 0 Å². The first-order valence-electron chi connectivity index (χ1n) is 5.68. The molecule has 0 amide bonds. The van der Waals surface area contributed by atoms with Gasteiger partial charge in [-0.1, -0.05) is 5.16 Å². The van der Waals surface area contributed by atoms with Gasteiger partial charge < -0.3 is 9.84 Å². The third kappa shape index (κ3) is 2.60. The highest BCUT2D eigenvalue weighted by atomic mass is 32.1. The number of anilines is 1. The van der Waals surface area contributed by atoms with Crippen LogP contribution in [0.2, 0.25) is 0 Å². The van der Waals surface area contributed by atoms with Gasteiger partial charge >= 0.3 is 0 Å². The van der Waals surface area contributed by atoms with E-state index >= 15 is 0 Å². The van der Waals surface area contributed by atoms with E-state index in [0.717, 1.165) is 17.5 Å². The molecule has 0 radical (unpaired) electrons. The van der Waals surface area contributed by atoms with Crippen molar-refractivity contribution in [3.63, 3.8) is 0 Å². The van der Waals surface area contributed by atoms with Crippen LogP contribution < -0.4 is 5.32 Å². The van der Waals surface area contributed by atoms with Crippen molar-refractivity contribution in [2.75, 3.05) is 11.9 Å². The molecule has 90 valence electrons. The summed E-state index contributed by atoms with van der Waals surface area (Å²) in [5, 5.41) is 7.84. The second kappa shape index (κ2) is 4.40. The van der Waals surface area contributed by atoms with Crippen LogP contribution in [0.4, 0.5) is 5.13 Å². The Hall–Kier alpha value is -1.50. The molecule has 0 spiro atoms. The molecule has 0 saturated heterocycles. The largest absolute Gasteiger partial charge is 0.360 e. The summed E-state index contributed by atoms with van der Waals surface area (Å²) >= 11 is 1.42. The normalized spacial score (nSPS) is 15.1. The van der Waals surface area contributed by atoms with Crippen molar-refractivity contribution in [3.8, 4) is 0 Å². The van der Waals surface area contributed by atoms with Crippen LogP contribution in [0.5, 0.6) is 0 Å². The SMILES string of the molecule is Cc1noc(CCNc2nc(C3CC3)ns2)n1. The molecule has 1 saturated carbocycles. The van der Waals surface area contributed by atoms with Gasteiger partial charge in [0.25, 0.3) is 0 Å². The molecule has 17 heavy (non-hydrogen) atoms. The fraction of sp³-hybridized carbons (Fsp3) is 0.600. The maximum absolute atomic E-state index is 5.02. The van der Waals surface area contributed by atoms with Gasteiger partial charge in [-0.2, -0.15) is 9.36 Å². The van der Waals surface area contributed by atoms with Crippen LogP contribution in [0, 0.1) is 6.92 Å². The first-order chi connectivity index (χ1) is 8.31. The van der Waals surface area contributed by atoms with E-state index in [1.807, 2.05) is 6.92 Å². The molecule has 0 atom stereocenters. The first-order valence-corrected chi connectivity index (χ1v) is 6.45. The lowest BCUT2D eigenvalue weighted by atomic mass is 10.4. The minimum Gasteiger partial charge on any atom is -0.360 e. The second-order valence-electron chi connectivity index (χ2n) is 4.14. The van der Waals surface area contributed by atoms with Crippen molar-refractivity contribution < 1.29 is 4.52 Å². The third-order valence-electron chi connectivity index (χ3n) is 2.57. The standard InChI is InChI=1S/C10H13N5OS/c1-6-12-8(16-14-6)4-5-11-10-13-9(15-17-10)7-2-3-7/h7H,2-5H2,1H3,(H,11,13,15). The molecular weight excluding hydrogens is 238 g/mol. The van der Waals surface area contributed by atoms with Crippen LogP contribution in [0.1, 0.15) is 36.3 Å². The van der Waals surface area contributed by atoms with E-state index in [-0.39, 0.29) is 0 Å². The Bertz CT molecular complexity index is 504. The van der Waals surface area contributed by atoms with Gasteiger partial charge in [0.2, 0.25) is 11.0 Å². The highest BCUT2D eigenvalue weighted by Crippen LogP contribution is 2.39.